The lowest BCUT2D eigenvalue weighted by Crippen LogP contribution is -2.30. The number of ether oxygens (including phenoxy) is 1. The maximum absolute atomic E-state index is 12.9. The molecule has 0 fully saturated rings. The van der Waals surface area contributed by atoms with Crippen LogP contribution in [-0.4, -0.2) is 6.61 Å². The number of rotatable bonds is 4. The molecule has 0 saturated carbocycles. The van der Waals surface area contributed by atoms with E-state index in [2.05, 4.69) is 0 Å². The van der Waals surface area contributed by atoms with E-state index in [0.717, 1.165) is 5.56 Å². The molecule has 0 bridgehead atoms. The van der Waals surface area contributed by atoms with E-state index < -0.39 is 5.54 Å². The monoisotopic (exact) mass is 373 g/mol. The second-order valence-corrected chi connectivity index (χ2v) is 6.72. The second kappa shape index (κ2) is 7.52. The first-order valence-corrected chi connectivity index (χ1v) is 8.42. The molecule has 0 aliphatic carbocycles. The third-order valence-electron chi connectivity index (χ3n) is 4.23. The van der Waals surface area contributed by atoms with Crippen molar-refractivity contribution in [2.45, 2.75) is 33.2 Å². The Morgan fingerprint density at radius 1 is 1.12 bits per heavy atom. The number of halogens is 1. The molecule has 0 radical (unpaired) electrons. The topological polar surface area (TPSA) is 65.5 Å². The van der Waals surface area contributed by atoms with Crippen molar-refractivity contribution in [3.8, 4) is 17.1 Å². The van der Waals surface area contributed by atoms with Gasteiger partial charge < -0.3 is 14.9 Å². The van der Waals surface area contributed by atoms with Crippen molar-refractivity contribution < 1.29 is 9.15 Å². The molecule has 5 heteroatoms. The van der Waals surface area contributed by atoms with Crippen molar-refractivity contribution in [2.24, 2.45) is 5.73 Å². The summed E-state index contributed by atoms with van der Waals surface area (Å²) in [5.74, 6) is 1.21. The summed E-state index contributed by atoms with van der Waals surface area (Å²) in [6.07, 6.45) is 0. The summed E-state index contributed by atoms with van der Waals surface area (Å²) >= 11 is 0. The van der Waals surface area contributed by atoms with Crippen LogP contribution in [0.1, 0.15) is 31.9 Å². The Kier molecular flexibility index (Phi) is 5.79. The fourth-order valence-corrected chi connectivity index (χ4v) is 3.08. The van der Waals surface area contributed by atoms with Gasteiger partial charge in [0.2, 0.25) is 0 Å². The number of fused-ring (bicyclic) bond motifs is 1. The predicted octanol–water partition coefficient (Wildman–Crippen LogP) is 4.78. The van der Waals surface area contributed by atoms with Gasteiger partial charge in [0.15, 0.2) is 5.43 Å². The predicted molar refractivity (Wildman–Crippen MR) is 108 cm³/mol. The Hall–Kier alpha value is -2.30. The third-order valence-corrected chi connectivity index (χ3v) is 4.23. The third kappa shape index (κ3) is 3.48. The van der Waals surface area contributed by atoms with Crippen LogP contribution >= 0.6 is 12.4 Å². The molecule has 0 saturated heterocycles. The van der Waals surface area contributed by atoms with Crippen LogP contribution < -0.4 is 15.9 Å². The van der Waals surface area contributed by atoms with Gasteiger partial charge in [0.05, 0.1) is 17.6 Å². The zero-order valence-electron chi connectivity index (χ0n) is 15.5. The quantitative estimate of drug-likeness (QED) is 0.714. The molecule has 0 aliphatic heterocycles. The molecule has 3 rings (SSSR count). The van der Waals surface area contributed by atoms with Crippen molar-refractivity contribution in [1.29, 1.82) is 0 Å². The second-order valence-electron chi connectivity index (χ2n) is 6.72. The normalized spacial score (nSPS) is 11.3. The highest BCUT2D eigenvalue weighted by Crippen LogP contribution is 2.36. The number of hydrogen-bond donors (Lipinski definition) is 1. The first-order chi connectivity index (χ1) is 11.8. The van der Waals surface area contributed by atoms with E-state index in [1.54, 1.807) is 19.1 Å². The Morgan fingerprint density at radius 2 is 1.77 bits per heavy atom. The van der Waals surface area contributed by atoms with Crippen molar-refractivity contribution in [2.75, 3.05) is 6.61 Å². The van der Waals surface area contributed by atoms with E-state index >= 15 is 0 Å². The van der Waals surface area contributed by atoms with E-state index in [1.165, 1.54) is 0 Å². The van der Waals surface area contributed by atoms with Gasteiger partial charge in [-0.3, -0.25) is 4.79 Å². The van der Waals surface area contributed by atoms with Crippen LogP contribution in [-0.2, 0) is 5.54 Å². The van der Waals surface area contributed by atoms with Crippen LogP contribution in [0.2, 0.25) is 0 Å². The van der Waals surface area contributed by atoms with Gasteiger partial charge in [-0.1, -0.05) is 30.3 Å². The van der Waals surface area contributed by atoms with Crippen molar-refractivity contribution in [3.63, 3.8) is 0 Å². The van der Waals surface area contributed by atoms with Gasteiger partial charge in [0, 0.05) is 16.7 Å². The Labute approximate surface area is 159 Å². The minimum absolute atomic E-state index is 0. The van der Waals surface area contributed by atoms with Crippen molar-refractivity contribution in [1.82, 2.24) is 0 Å². The molecule has 138 valence electrons. The zero-order chi connectivity index (χ0) is 18.2. The lowest BCUT2D eigenvalue weighted by molar-refractivity contribution is 0.328. The maximum atomic E-state index is 12.9. The molecule has 0 unspecified atom stereocenters. The Morgan fingerprint density at radius 3 is 2.35 bits per heavy atom. The Bertz CT molecular complexity index is 972. The highest BCUT2D eigenvalue weighted by molar-refractivity contribution is 5.86. The average Bonchev–Trinajstić information content (AvgIpc) is 2.57. The minimum Gasteiger partial charge on any atom is -0.493 e. The van der Waals surface area contributed by atoms with Crippen molar-refractivity contribution >= 4 is 23.4 Å². The van der Waals surface area contributed by atoms with E-state index in [-0.39, 0.29) is 17.8 Å². The number of benzene rings is 2. The maximum Gasteiger partial charge on any atom is 0.196 e. The van der Waals surface area contributed by atoms with E-state index in [4.69, 9.17) is 14.9 Å². The van der Waals surface area contributed by atoms with Crippen LogP contribution in [0.4, 0.5) is 0 Å². The molecule has 0 aliphatic rings. The standard InChI is InChI=1S/C21H23NO3.ClH/c1-5-24-16-12-11-15-18(23)13(2)19(14-9-7-6-8-10-14)25-20(15)17(16)21(3,4)22;/h6-12H,5,22H2,1-4H3;1H. The van der Waals surface area contributed by atoms with Gasteiger partial charge in [-0.2, -0.15) is 0 Å². The van der Waals surface area contributed by atoms with Crippen LogP contribution in [0.3, 0.4) is 0 Å². The molecule has 1 aromatic heterocycles. The van der Waals surface area contributed by atoms with Crippen LogP contribution in [0.5, 0.6) is 5.75 Å². The van der Waals surface area contributed by atoms with Gasteiger partial charge in [-0.05, 0) is 39.8 Å². The van der Waals surface area contributed by atoms with Gasteiger partial charge in [-0.25, -0.2) is 0 Å². The first kappa shape index (κ1) is 20.0. The summed E-state index contributed by atoms with van der Waals surface area (Å²) in [7, 11) is 0. The number of hydrogen-bond acceptors (Lipinski definition) is 4. The van der Waals surface area contributed by atoms with Gasteiger partial charge >= 0.3 is 0 Å². The minimum atomic E-state index is -0.719. The van der Waals surface area contributed by atoms with Crippen LogP contribution in [0, 0.1) is 6.92 Å². The highest BCUT2D eigenvalue weighted by atomic mass is 35.5. The van der Waals surface area contributed by atoms with Crippen LogP contribution in [0.15, 0.2) is 51.7 Å². The summed E-state index contributed by atoms with van der Waals surface area (Å²) in [6.45, 7) is 7.98. The van der Waals surface area contributed by atoms with Crippen LogP contribution in [0.25, 0.3) is 22.3 Å². The summed E-state index contributed by atoms with van der Waals surface area (Å²) in [6, 6.07) is 13.2. The number of nitrogens with two attached hydrogens (primary N) is 1. The summed E-state index contributed by atoms with van der Waals surface area (Å²) in [5.41, 5.74) is 8.27. The average molecular weight is 374 g/mol. The summed E-state index contributed by atoms with van der Waals surface area (Å²) in [5, 5.41) is 0.522. The lowest BCUT2D eigenvalue weighted by atomic mass is 9.92. The fourth-order valence-electron chi connectivity index (χ4n) is 3.08. The molecular weight excluding hydrogens is 350 g/mol. The molecule has 4 nitrogen and oxygen atoms in total. The van der Waals surface area contributed by atoms with E-state index in [0.29, 0.717) is 40.2 Å². The molecule has 2 aromatic carbocycles. The molecule has 26 heavy (non-hydrogen) atoms. The first-order valence-electron chi connectivity index (χ1n) is 8.42. The SMILES string of the molecule is CCOc1ccc2c(=O)c(C)c(-c3ccccc3)oc2c1C(C)(C)N.Cl. The van der Waals surface area contributed by atoms with Gasteiger partial charge in [0.1, 0.15) is 17.1 Å². The molecular formula is C21H24ClNO3. The van der Waals surface area contributed by atoms with E-state index in [9.17, 15) is 4.79 Å². The molecule has 0 atom stereocenters. The molecule has 1 heterocycles. The Balaban J connectivity index is 0.00000243. The highest BCUT2D eigenvalue weighted by Gasteiger charge is 2.26. The van der Waals surface area contributed by atoms with E-state index in [1.807, 2.05) is 51.1 Å². The van der Waals surface area contributed by atoms with Gasteiger partial charge in [-0.15, -0.1) is 12.4 Å². The molecule has 2 N–H and O–H groups in total. The molecule has 0 amide bonds. The van der Waals surface area contributed by atoms with Gasteiger partial charge in [0.25, 0.3) is 0 Å². The summed E-state index contributed by atoms with van der Waals surface area (Å²) in [4.78, 5) is 12.9. The van der Waals surface area contributed by atoms with Crippen molar-refractivity contribution in [3.05, 3.63) is 63.8 Å². The zero-order valence-corrected chi connectivity index (χ0v) is 16.3. The molecule has 3 aromatic rings. The smallest absolute Gasteiger partial charge is 0.196 e. The fraction of sp³-hybridized carbons (Fsp3) is 0.286. The lowest BCUT2D eigenvalue weighted by Gasteiger charge is -2.24. The largest absolute Gasteiger partial charge is 0.493 e. The summed E-state index contributed by atoms with van der Waals surface area (Å²) < 4.78 is 12.0. The molecule has 0 spiro atoms.